The van der Waals surface area contributed by atoms with Crippen LogP contribution in [0.25, 0.3) is 11.2 Å². The Morgan fingerprint density at radius 3 is 2.85 bits per heavy atom. The van der Waals surface area contributed by atoms with E-state index in [-0.39, 0.29) is 0 Å². The average Bonchev–Trinajstić information content (AvgIpc) is 2.93. The van der Waals surface area contributed by atoms with Gasteiger partial charge in [-0.05, 0) is 56.8 Å². The molecule has 3 nitrogen and oxygen atoms in total. The van der Waals surface area contributed by atoms with Crippen LogP contribution in [-0.2, 0) is 6.42 Å². The molecule has 0 bridgehead atoms. The molecule has 1 unspecified atom stereocenters. The van der Waals surface area contributed by atoms with Crippen molar-refractivity contribution in [2.45, 2.75) is 33.2 Å². The van der Waals surface area contributed by atoms with Crippen LogP contribution in [0.2, 0.25) is 0 Å². The molecule has 0 spiro atoms. The summed E-state index contributed by atoms with van der Waals surface area (Å²) in [5.74, 6) is 0. The van der Waals surface area contributed by atoms with E-state index in [0.717, 1.165) is 22.4 Å². The SMILES string of the molecule is Cc1ccc(CC(C)n2c(=S)[nH]c3c(C)ccnc32)s1. The van der Waals surface area contributed by atoms with Gasteiger partial charge in [-0.2, -0.15) is 0 Å². The Labute approximate surface area is 127 Å². The number of aromatic nitrogens is 3. The molecule has 0 aliphatic carbocycles. The van der Waals surface area contributed by atoms with E-state index in [4.69, 9.17) is 12.2 Å². The Hall–Kier alpha value is -1.46. The summed E-state index contributed by atoms with van der Waals surface area (Å²) in [6.45, 7) is 6.41. The van der Waals surface area contributed by atoms with Gasteiger partial charge in [0.2, 0.25) is 0 Å². The number of hydrogen-bond donors (Lipinski definition) is 1. The van der Waals surface area contributed by atoms with Crippen LogP contribution in [0.5, 0.6) is 0 Å². The number of imidazole rings is 1. The zero-order valence-electron chi connectivity index (χ0n) is 11.8. The lowest BCUT2D eigenvalue weighted by Crippen LogP contribution is -2.08. The number of nitrogens with zero attached hydrogens (tertiary/aromatic N) is 2. The Bertz CT molecular complexity index is 810. The Morgan fingerprint density at radius 1 is 1.35 bits per heavy atom. The zero-order chi connectivity index (χ0) is 14.3. The van der Waals surface area contributed by atoms with Gasteiger partial charge in [0, 0.05) is 28.4 Å². The number of H-pyrrole nitrogens is 1. The van der Waals surface area contributed by atoms with E-state index >= 15 is 0 Å². The van der Waals surface area contributed by atoms with Gasteiger partial charge in [-0.1, -0.05) is 0 Å². The smallest absolute Gasteiger partial charge is 0.179 e. The lowest BCUT2D eigenvalue weighted by atomic mass is 10.2. The first-order valence-corrected chi connectivity index (χ1v) is 7.90. The molecule has 0 amide bonds. The Kier molecular flexibility index (Phi) is 3.48. The van der Waals surface area contributed by atoms with Crippen LogP contribution < -0.4 is 0 Å². The van der Waals surface area contributed by atoms with Gasteiger partial charge >= 0.3 is 0 Å². The second-order valence-corrected chi connectivity index (χ2v) is 6.95. The maximum absolute atomic E-state index is 5.48. The lowest BCUT2D eigenvalue weighted by molar-refractivity contribution is 0.553. The third-order valence-electron chi connectivity index (χ3n) is 3.55. The molecule has 3 aromatic rings. The molecule has 0 saturated heterocycles. The molecule has 0 fully saturated rings. The molecular formula is C15H17N3S2. The Morgan fingerprint density at radius 2 is 2.15 bits per heavy atom. The van der Waals surface area contributed by atoms with E-state index < -0.39 is 0 Å². The van der Waals surface area contributed by atoms with Crippen molar-refractivity contribution >= 4 is 34.7 Å². The summed E-state index contributed by atoms with van der Waals surface area (Å²) in [7, 11) is 0. The van der Waals surface area contributed by atoms with Gasteiger partial charge in [0.05, 0.1) is 5.52 Å². The average molecular weight is 303 g/mol. The first kappa shape index (κ1) is 13.5. The summed E-state index contributed by atoms with van der Waals surface area (Å²) in [6.07, 6.45) is 2.83. The first-order valence-electron chi connectivity index (χ1n) is 6.67. The van der Waals surface area contributed by atoms with Crippen molar-refractivity contribution in [3.63, 3.8) is 0 Å². The quantitative estimate of drug-likeness (QED) is 0.719. The second kappa shape index (κ2) is 5.14. The van der Waals surface area contributed by atoms with E-state index in [1.807, 2.05) is 23.6 Å². The largest absolute Gasteiger partial charge is 0.329 e. The second-order valence-electron chi connectivity index (χ2n) is 5.19. The highest BCUT2D eigenvalue weighted by Crippen LogP contribution is 2.25. The van der Waals surface area contributed by atoms with Gasteiger partial charge in [-0.25, -0.2) is 4.98 Å². The molecule has 3 aromatic heterocycles. The fraction of sp³-hybridized carbons (Fsp3) is 0.333. The molecule has 104 valence electrons. The minimum Gasteiger partial charge on any atom is -0.329 e. The minimum absolute atomic E-state index is 0.295. The van der Waals surface area contributed by atoms with Crippen molar-refractivity contribution in [3.8, 4) is 0 Å². The van der Waals surface area contributed by atoms with Crippen LogP contribution in [-0.4, -0.2) is 14.5 Å². The highest BCUT2D eigenvalue weighted by atomic mass is 32.1. The summed E-state index contributed by atoms with van der Waals surface area (Å²) >= 11 is 7.33. The van der Waals surface area contributed by atoms with Gasteiger partial charge in [-0.15, -0.1) is 11.3 Å². The van der Waals surface area contributed by atoms with Crippen molar-refractivity contribution in [3.05, 3.63) is 44.5 Å². The fourth-order valence-electron chi connectivity index (χ4n) is 2.53. The molecule has 0 radical (unpaired) electrons. The van der Waals surface area contributed by atoms with Gasteiger partial charge in [0.25, 0.3) is 0 Å². The standard InChI is InChI=1S/C15H17N3S2/c1-9-6-7-16-14-13(9)17-15(19)18(14)10(2)8-12-5-4-11(3)20-12/h4-7,10H,8H2,1-3H3,(H,17,19). The molecule has 1 atom stereocenters. The zero-order valence-corrected chi connectivity index (χ0v) is 13.4. The van der Waals surface area contributed by atoms with Crippen LogP contribution >= 0.6 is 23.6 Å². The van der Waals surface area contributed by atoms with Gasteiger partial charge in [0.1, 0.15) is 0 Å². The van der Waals surface area contributed by atoms with E-state index in [0.29, 0.717) is 6.04 Å². The van der Waals surface area contributed by atoms with Gasteiger partial charge in [-0.3, -0.25) is 4.57 Å². The summed E-state index contributed by atoms with van der Waals surface area (Å²) in [4.78, 5) is 10.5. The third kappa shape index (κ3) is 2.31. The molecule has 5 heteroatoms. The van der Waals surface area contributed by atoms with Gasteiger partial charge < -0.3 is 4.98 Å². The van der Waals surface area contributed by atoms with Crippen LogP contribution in [0.3, 0.4) is 0 Å². The molecule has 0 saturated carbocycles. The Balaban J connectivity index is 2.03. The third-order valence-corrected chi connectivity index (χ3v) is 4.87. The topological polar surface area (TPSA) is 33.6 Å². The molecule has 0 aliphatic heterocycles. The highest BCUT2D eigenvalue weighted by molar-refractivity contribution is 7.71. The van der Waals surface area contributed by atoms with Gasteiger partial charge in [0.15, 0.2) is 10.4 Å². The summed E-state index contributed by atoms with van der Waals surface area (Å²) in [6, 6.07) is 6.67. The number of rotatable bonds is 3. The maximum atomic E-state index is 5.48. The number of hydrogen-bond acceptors (Lipinski definition) is 3. The molecule has 3 rings (SSSR count). The molecule has 1 N–H and O–H groups in total. The van der Waals surface area contributed by atoms with Crippen LogP contribution in [0, 0.1) is 18.6 Å². The summed E-state index contributed by atoms with van der Waals surface area (Å²) in [5.41, 5.74) is 3.18. The van der Waals surface area contributed by atoms with Crippen molar-refractivity contribution in [2.24, 2.45) is 0 Å². The number of nitrogens with one attached hydrogen (secondary N) is 1. The van der Waals surface area contributed by atoms with E-state index in [2.05, 4.69) is 47.4 Å². The van der Waals surface area contributed by atoms with E-state index in [9.17, 15) is 0 Å². The van der Waals surface area contributed by atoms with E-state index in [1.54, 1.807) is 0 Å². The fourth-order valence-corrected chi connectivity index (χ4v) is 3.91. The summed E-state index contributed by atoms with van der Waals surface area (Å²) in [5, 5.41) is 0. The maximum Gasteiger partial charge on any atom is 0.179 e. The molecule has 0 aliphatic rings. The van der Waals surface area contributed by atoms with Crippen LogP contribution in [0.1, 0.15) is 28.3 Å². The number of aromatic amines is 1. The summed E-state index contributed by atoms with van der Waals surface area (Å²) < 4.78 is 2.88. The van der Waals surface area contributed by atoms with Crippen molar-refractivity contribution in [2.75, 3.05) is 0 Å². The minimum atomic E-state index is 0.295. The van der Waals surface area contributed by atoms with Crippen molar-refractivity contribution < 1.29 is 0 Å². The number of aryl methyl sites for hydroxylation is 2. The normalized spacial score (nSPS) is 12.9. The molecule has 0 aromatic carbocycles. The predicted molar refractivity (Wildman–Crippen MR) is 87.1 cm³/mol. The number of pyridine rings is 1. The lowest BCUT2D eigenvalue weighted by Gasteiger charge is -2.13. The van der Waals surface area contributed by atoms with E-state index in [1.165, 1.54) is 15.3 Å². The molecular weight excluding hydrogens is 286 g/mol. The predicted octanol–water partition coefficient (Wildman–Crippen LogP) is 4.58. The van der Waals surface area contributed by atoms with Crippen molar-refractivity contribution in [1.29, 1.82) is 0 Å². The van der Waals surface area contributed by atoms with Crippen LogP contribution in [0.15, 0.2) is 24.4 Å². The number of thiophene rings is 1. The molecule has 20 heavy (non-hydrogen) atoms. The van der Waals surface area contributed by atoms with Crippen LogP contribution in [0.4, 0.5) is 0 Å². The monoisotopic (exact) mass is 303 g/mol. The molecule has 3 heterocycles. The highest BCUT2D eigenvalue weighted by Gasteiger charge is 2.14. The van der Waals surface area contributed by atoms with Crippen molar-refractivity contribution in [1.82, 2.24) is 14.5 Å². The first-order chi connectivity index (χ1) is 9.56. The number of fused-ring (bicyclic) bond motifs is 1.